The summed E-state index contributed by atoms with van der Waals surface area (Å²) in [6, 6.07) is 8.46. The topological polar surface area (TPSA) is 58.2 Å². The zero-order valence-corrected chi connectivity index (χ0v) is 16.0. The third kappa shape index (κ3) is 3.17. The van der Waals surface area contributed by atoms with Gasteiger partial charge < -0.3 is 10.6 Å². The Balaban J connectivity index is 1.19. The monoisotopic (exact) mass is 366 g/mol. The summed E-state index contributed by atoms with van der Waals surface area (Å²) in [6.45, 7) is 0.110. The Morgan fingerprint density at radius 2 is 1.67 bits per heavy atom. The highest BCUT2D eigenvalue weighted by Gasteiger charge is 2.54. The first-order valence-electron chi connectivity index (χ1n) is 10.8. The average molecular weight is 367 g/mol. The van der Waals surface area contributed by atoms with Crippen molar-refractivity contribution in [1.29, 1.82) is 0 Å². The molecule has 0 unspecified atom stereocenters. The minimum Gasteiger partial charge on any atom is -0.348 e. The predicted octanol–water partition coefficient (Wildman–Crippen LogP) is 3.51. The third-order valence-corrected chi connectivity index (χ3v) is 7.63. The number of aryl methyl sites for hydroxylation is 1. The molecule has 1 atom stereocenters. The van der Waals surface area contributed by atoms with Crippen molar-refractivity contribution in [2.75, 3.05) is 6.54 Å². The van der Waals surface area contributed by atoms with Crippen LogP contribution in [-0.2, 0) is 16.0 Å². The van der Waals surface area contributed by atoms with E-state index in [1.165, 1.54) is 30.4 Å². The predicted molar refractivity (Wildman–Crippen MR) is 104 cm³/mol. The Bertz CT molecular complexity index is 721. The zero-order chi connectivity index (χ0) is 18.4. The Morgan fingerprint density at radius 3 is 2.37 bits per heavy atom. The van der Waals surface area contributed by atoms with Crippen LogP contribution < -0.4 is 10.6 Å². The molecule has 2 amide bonds. The van der Waals surface area contributed by atoms with Crippen LogP contribution in [0.15, 0.2) is 24.3 Å². The van der Waals surface area contributed by atoms with Gasteiger partial charge in [0.1, 0.15) is 0 Å². The molecule has 0 saturated heterocycles. The summed E-state index contributed by atoms with van der Waals surface area (Å²) in [5, 5.41) is 6.15. The summed E-state index contributed by atoms with van der Waals surface area (Å²) >= 11 is 0. The Morgan fingerprint density at radius 1 is 1.00 bits per heavy atom. The Hall–Kier alpha value is -1.84. The molecule has 0 spiro atoms. The van der Waals surface area contributed by atoms with Crippen LogP contribution in [0.4, 0.5) is 0 Å². The first-order chi connectivity index (χ1) is 13.1. The van der Waals surface area contributed by atoms with Gasteiger partial charge in [0.15, 0.2) is 0 Å². The molecule has 144 valence electrons. The van der Waals surface area contributed by atoms with Crippen LogP contribution in [0, 0.1) is 23.2 Å². The second-order valence-corrected chi connectivity index (χ2v) is 9.59. The maximum Gasteiger partial charge on any atom is 0.239 e. The van der Waals surface area contributed by atoms with E-state index in [9.17, 15) is 9.59 Å². The lowest BCUT2D eigenvalue weighted by molar-refractivity contribution is -0.147. The van der Waals surface area contributed by atoms with Crippen LogP contribution in [0.5, 0.6) is 0 Å². The molecule has 4 fully saturated rings. The summed E-state index contributed by atoms with van der Waals surface area (Å²) in [6.07, 6.45) is 10.3. The van der Waals surface area contributed by atoms with E-state index >= 15 is 0 Å². The van der Waals surface area contributed by atoms with Crippen LogP contribution >= 0.6 is 0 Å². The molecular formula is C23H30N2O2. The maximum atomic E-state index is 13.0. The van der Waals surface area contributed by atoms with Gasteiger partial charge in [-0.05, 0) is 86.7 Å². The highest BCUT2D eigenvalue weighted by Crippen LogP contribution is 2.60. The molecular weight excluding hydrogens is 336 g/mol. The molecule has 0 aromatic heterocycles. The molecule has 0 radical (unpaired) electrons. The minimum absolute atomic E-state index is 0.0604. The maximum absolute atomic E-state index is 13.0. The van der Waals surface area contributed by atoms with Gasteiger partial charge in [-0.3, -0.25) is 9.59 Å². The summed E-state index contributed by atoms with van der Waals surface area (Å²) in [5.74, 6) is 2.31. The van der Waals surface area contributed by atoms with Crippen LogP contribution in [0.3, 0.4) is 0 Å². The first-order valence-corrected chi connectivity index (χ1v) is 10.8. The Labute approximate surface area is 161 Å². The van der Waals surface area contributed by atoms with Gasteiger partial charge in [0.25, 0.3) is 0 Å². The number of carbonyl (C=O) groups excluding carboxylic acids is 2. The van der Waals surface area contributed by atoms with Crippen molar-refractivity contribution in [3.8, 4) is 0 Å². The lowest BCUT2D eigenvalue weighted by Crippen LogP contribution is -2.54. The standard InChI is InChI=1S/C23H30N2O2/c26-21(25-20-7-3-5-18-4-1-2-6-19(18)20)14-24-22(27)23-11-15-8-16(12-23)10-17(9-15)13-23/h1-2,4,6,15-17,20H,3,5,7-14H2,(H,24,27)(H,25,26)/t15?,16?,17?,20-,23?/m0/s1. The fourth-order valence-corrected chi connectivity index (χ4v) is 6.89. The van der Waals surface area contributed by atoms with E-state index in [4.69, 9.17) is 0 Å². The van der Waals surface area contributed by atoms with Crippen molar-refractivity contribution in [2.45, 2.75) is 63.8 Å². The fraction of sp³-hybridized carbons (Fsp3) is 0.652. The fourth-order valence-electron chi connectivity index (χ4n) is 6.89. The second kappa shape index (κ2) is 6.65. The number of hydrogen-bond acceptors (Lipinski definition) is 2. The molecule has 0 heterocycles. The lowest BCUT2D eigenvalue weighted by Gasteiger charge is -2.55. The van der Waals surface area contributed by atoms with E-state index in [1.807, 2.05) is 6.07 Å². The molecule has 4 heteroatoms. The lowest BCUT2D eigenvalue weighted by atomic mass is 9.49. The van der Waals surface area contributed by atoms with E-state index in [0.717, 1.165) is 56.3 Å². The summed E-state index contributed by atoms with van der Waals surface area (Å²) < 4.78 is 0. The first kappa shape index (κ1) is 17.3. The molecule has 27 heavy (non-hydrogen) atoms. The molecule has 6 rings (SSSR count). The Kier molecular flexibility index (Phi) is 4.25. The molecule has 0 aliphatic heterocycles. The number of nitrogens with one attached hydrogen (secondary N) is 2. The van der Waals surface area contributed by atoms with E-state index in [0.29, 0.717) is 0 Å². The van der Waals surface area contributed by atoms with Gasteiger partial charge in [-0.15, -0.1) is 0 Å². The SMILES string of the molecule is O=C(CNC(=O)C12CC3CC(CC(C3)C1)C2)N[C@H]1CCCc2ccccc21. The summed E-state index contributed by atoms with van der Waals surface area (Å²) in [4.78, 5) is 25.5. The van der Waals surface area contributed by atoms with Crippen molar-refractivity contribution in [3.05, 3.63) is 35.4 Å². The molecule has 1 aromatic rings. The molecule has 5 aliphatic rings. The number of carbonyl (C=O) groups is 2. The van der Waals surface area contributed by atoms with Gasteiger partial charge in [0.2, 0.25) is 11.8 Å². The van der Waals surface area contributed by atoms with Gasteiger partial charge in [-0.2, -0.15) is 0 Å². The average Bonchev–Trinajstić information content (AvgIpc) is 2.65. The smallest absolute Gasteiger partial charge is 0.239 e. The molecule has 4 bridgehead atoms. The molecule has 2 N–H and O–H groups in total. The van der Waals surface area contributed by atoms with Gasteiger partial charge in [-0.1, -0.05) is 24.3 Å². The number of fused-ring (bicyclic) bond motifs is 1. The summed E-state index contributed by atoms with van der Waals surface area (Å²) in [5.41, 5.74) is 2.41. The van der Waals surface area contributed by atoms with Gasteiger partial charge in [-0.25, -0.2) is 0 Å². The van der Waals surface area contributed by atoms with Gasteiger partial charge in [0.05, 0.1) is 12.6 Å². The van der Waals surface area contributed by atoms with Crippen molar-refractivity contribution in [1.82, 2.24) is 10.6 Å². The highest BCUT2D eigenvalue weighted by molar-refractivity contribution is 5.88. The van der Waals surface area contributed by atoms with Crippen molar-refractivity contribution < 1.29 is 9.59 Å². The van der Waals surface area contributed by atoms with E-state index in [2.05, 4.69) is 28.8 Å². The number of rotatable bonds is 4. The minimum atomic E-state index is -0.174. The van der Waals surface area contributed by atoms with Gasteiger partial charge >= 0.3 is 0 Å². The van der Waals surface area contributed by atoms with E-state index in [1.54, 1.807) is 0 Å². The highest BCUT2D eigenvalue weighted by atomic mass is 16.2. The van der Waals surface area contributed by atoms with Crippen LogP contribution in [0.25, 0.3) is 0 Å². The zero-order valence-electron chi connectivity index (χ0n) is 16.0. The molecule has 1 aromatic carbocycles. The van der Waals surface area contributed by atoms with Crippen molar-refractivity contribution >= 4 is 11.8 Å². The molecule has 4 nitrogen and oxygen atoms in total. The summed E-state index contributed by atoms with van der Waals surface area (Å²) in [7, 11) is 0. The van der Waals surface area contributed by atoms with Crippen LogP contribution in [0.2, 0.25) is 0 Å². The largest absolute Gasteiger partial charge is 0.348 e. The second-order valence-electron chi connectivity index (χ2n) is 9.59. The van der Waals surface area contributed by atoms with Crippen LogP contribution in [-0.4, -0.2) is 18.4 Å². The quantitative estimate of drug-likeness (QED) is 0.857. The number of hydrogen-bond donors (Lipinski definition) is 2. The van der Waals surface area contributed by atoms with E-state index < -0.39 is 0 Å². The normalized spacial score (nSPS) is 36.1. The van der Waals surface area contributed by atoms with Crippen molar-refractivity contribution in [3.63, 3.8) is 0 Å². The molecule has 4 saturated carbocycles. The van der Waals surface area contributed by atoms with Gasteiger partial charge in [0, 0.05) is 5.41 Å². The van der Waals surface area contributed by atoms with Crippen molar-refractivity contribution in [2.24, 2.45) is 23.2 Å². The van der Waals surface area contributed by atoms with Crippen LogP contribution in [0.1, 0.15) is 68.5 Å². The number of amides is 2. The third-order valence-electron chi connectivity index (χ3n) is 7.63. The van der Waals surface area contributed by atoms with E-state index in [-0.39, 0.29) is 29.8 Å². The number of benzene rings is 1. The molecule has 5 aliphatic carbocycles.